The maximum atomic E-state index is 11.3. The van der Waals surface area contributed by atoms with Gasteiger partial charge in [-0.05, 0) is 25.1 Å². The molecule has 0 aromatic heterocycles. The lowest BCUT2D eigenvalue weighted by atomic mass is 10.0. The van der Waals surface area contributed by atoms with Gasteiger partial charge < -0.3 is 4.90 Å². The molecule has 0 N–H and O–H groups in total. The smallest absolute Gasteiger partial charge is 0.136 e. The van der Waals surface area contributed by atoms with Gasteiger partial charge in [-0.15, -0.1) is 0 Å². The largest absolute Gasteiger partial charge is 0.367 e. The number of benzene rings is 1. The lowest BCUT2D eigenvalue weighted by Gasteiger charge is -2.35. The van der Waals surface area contributed by atoms with Crippen molar-refractivity contribution < 1.29 is 4.79 Å². The second kappa shape index (κ2) is 4.64. The van der Waals surface area contributed by atoms with Crippen molar-refractivity contribution in [1.29, 1.82) is 0 Å². The van der Waals surface area contributed by atoms with Crippen LogP contribution in [0.2, 0.25) is 10.0 Å². The van der Waals surface area contributed by atoms with Gasteiger partial charge in [-0.3, -0.25) is 4.79 Å². The fraction of sp³-hybridized carbons (Fsp3) is 0.417. The minimum atomic E-state index is 0.208. The number of halogens is 2. The molecule has 0 saturated carbocycles. The summed E-state index contributed by atoms with van der Waals surface area (Å²) in [5.74, 6) is 0.328. The normalized spacial score (nSPS) is 21.3. The second-order valence-electron chi connectivity index (χ2n) is 4.13. The Morgan fingerprint density at radius 2 is 2.12 bits per heavy atom. The zero-order valence-electron chi connectivity index (χ0n) is 9.04. The van der Waals surface area contributed by atoms with Crippen LogP contribution >= 0.6 is 23.2 Å². The van der Waals surface area contributed by atoms with Crippen molar-refractivity contribution in [3.63, 3.8) is 0 Å². The van der Waals surface area contributed by atoms with Crippen LogP contribution in [-0.2, 0) is 4.79 Å². The van der Waals surface area contributed by atoms with Crippen molar-refractivity contribution in [3.05, 3.63) is 28.2 Å². The van der Waals surface area contributed by atoms with Crippen molar-refractivity contribution in [2.75, 3.05) is 11.4 Å². The Morgan fingerprint density at radius 1 is 1.38 bits per heavy atom. The van der Waals surface area contributed by atoms with Crippen LogP contribution in [0.4, 0.5) is 5.69 Å². The van der Waals surface area contributed by atoms with E-state index in [0.29, 0.717) is 28.7 Å². The Bertz CT molecular complexity index is 419. The zero-order chi connectivity index (χ0) is 11.7. The lowest BCUT2D eigenvalue weighted by molar-refractivity contribution is -0.120. The molecule has 1 unspecified atom stereocenters. The number of Topliss-reactive ketones (excluding diaryl/α,β-unsaturated/α-hetero) is 1. The first-order valence-corrected chi connectivity index (χ1v) is 6.07. The minimum Gasteiger partial charge on any atom is -0.367 e. The quantitative estimate of drug-likeness (QED) is 0.767. The van der Waals surface area contributed by atoms with Gasteiger partial charge in [0.1, 0.15) is 5.78 Å². The van der Waals surface area contributed by atoms with E-state index in [2.05, 4.69) is 4.90 Å². The lowest BCUT2D eigenvalue weighted by Crippen LogP contribution is -2.41. The molecule has 2 rings (SSSR count). The van der Waals surface area contributed by atoms with Gasteiger partial charge in [-0.1, -0.05) is 23.2 Å². The molecule has 1 atom stereocenters. The maximum absolute atomic E-state index is 11.3. The van der Waals surface area contributed by atoms with E-state index in [9.17, 15) is 4.79 Å². The summed E-state index contributed by atoms with van der Waals surface area (Å²) in [6, 6.07) is 5.68. The van der Waals surface area contributed by atoms with E-state index in [1.807, 2.05) is 19.1 Å². The molecule has 1 aromatic rings. The molecular formula is C12H13Cl2NO. The predicted molar refractivity (Wildman–Crippen MR) is 67.5 cm³/mol. The van der Waals surface area contributed by atoms with Crippen LogP contribution in [0.5, 0.6) is 0 Å². The molecule has 0 aliphatic carbocycles. The molecule has 1 saturated heterocycles. The highest BCUT2D eigenvalue weighted by Gasteiger charge is 2.24. The van der Waals surface area contributed by atoms with Crippen LogP contribution in [0.25, 0.3) is 0 Å². The van der Waals surface area contributed by atoms with Gasteiger partial charge in [-0.25, -0.2) is 0 Å². The highest BCUT2D eigenvalue weighted by molar-refractivity contribution is 6.36. The number of carbonyl (C=O) groups excluding carboxylic acids is 1. The molecule has 16 heavy (non-hydrogen) atoms. The average Bonchev–Trinajstić information content (AvgIpc) is 2.19. The van der Waals surface area contributed by atoms with Gasteiger partial charge in [0, 0.05) is 30.5 Å². The molecule has 86 valence electrons. The Balaban J connectivity index is 2.26. The molecule has 1 aromatic carbocycles. The SMILES string of the molecule is CC1CC(=O)CCN1c1ccc(Cl)cc1Cl. The van der Waals surface area contributed by atoms with Crippen LogP contribution in [-0.4, -0.2) is 18.4 Å². The van der Waals surface area contributed by atoms with Gasteiger partial charge in [-0.2, -0.15) is 0 Å². The number of anilines is 1. The molecule has 1 heterocycles. The average molecular weight is 258 g/mol. The number of hydrogen-bond donors (Lipinski definition) is 0. The summed E-state index contributed by atoms with van der Waals surface area (Å²) in [6.45, 7) is 2.78. The molecule has 0 spiro atoms. The topological polar surface area (TPSA) is 20.3 Å². The molecule has 0 amide bonds. The number of piperidine rings is 1. The summed E-state index contributed by atoms with van der Waals surface area (Å²) < 4.78 is 0. The molecule has 2 nitrogen and oxygen atoms in total. The summed E-state index contributed by atoms with van der Waals surface area (Å²) in [7, 11) is 0. The Hall–Kier alpha value is -0.730. The summed E-state index contributed by atoms with van der Waals surface area (Å²) in [5, 5.41) is 1.28. The van der Waals surface area contributed by atoms with Crippen LogP contribution in [0.1, 0.15) is 19.8 Å². The highest BCUT2D eigenvalue weighted by atomic mass is 35.5. The molecule has 4 heteroatoms. The zero-order valence-corrected chi connectivity index (χ0v) is 10.6. The maximum Gasteiger partial charge on any atom is 0.136 e. The highest BCUT2D eigenvalue weighted by Crippen LogP contribution is 2.32. The summed E-state index contributed by atoms with van der Waals surface area (Å²) >= 11 is 12.0. The van der Waals surface area contributed by atoms with E-state index in [1.165, 1.54) is 0 Å². The Morgan fingerprint density at radius 3 is 2.75 bits per heavy atom. The van der Waals surface area contributed by atoms with E-state index < -0.39 is 0 Å². The van der Waals surface area contributed by atoms with Crippen LogP contribution < -0.4 is 4.90 Å². The van der Waals surface area contributed by atoms with Crippen molar-refractivity contribution in [2.24, 2.45) is 0 Å². The number of hydrogen-bond acceptors (Lipinski definition) is 2. The molecule has 1 fully saturated rings. The minimum absolute atomic E-state index is 0.208. The van der Waals surface area contributed by atoms with E-state index in [4.69, 9.17) is 23.2 Å². The predicted octanol–water partition coefficient (Wildman–Crippen LogP) is 3.55. The summed E-state index contributed by atoms with van der Waals surface area (Å²) in [4.78, 5) is 13.5. The molecular weight excluding hydrogens is 245 g/mol. The van der Waals surface area contributed by atoms with Crippen molar-refractivity contribution in [2.45, 2.75) is 25.8 Å². The first-order chi connectivity index (χ1) is 7.58. The Kier molecular flexibility index (Phi) is 3.41. The van der Waals surface area contributed by atoms with E-state index in [1.54, 1.807) is 6.07 Å². The molecule has 0 radical (unpaired) electrons. The fourth-order valence-electron chi connectivity index (χ4n) is 2.08. The van der Waals surface area contributed by atoms with Crippen molar-refractivity contribution in [1.82, 2.24) is 0 Å². The molecule has 1 aliphatic heterocycles. The van der Waals surface area contributed by atoms with Gasteiger partial charge >= 0.3 is 0 Å². The third-order valence-corrected chi connectivity index (χ3v) is 3.44. The third-order valence-electron chi connectivity index (χ3n) is 2.91. The number of rotatable bonds is 1. The summed E-state index contributed by atoms with van der Waals surface area (Å²) in [6.07, 6.45) is 1.20. The van der Waals surface area contributed by atoms with Gasteiger partial charge in [0.05, 0.1) is 10.7 Å². The van der Waals surface area contributed by atoms with Gasteiger partial charge in [0.25, 0.3) is 0 Å². The van der Waals surface area contributed by atoms with Crippen LogP contribution in [0.3, 0.4) is 0 Å². The number of nitrogens with zero attached hydrogens (tertiary/aromatic N) is 1. The summed E-state index contributed by atoms with van der Waals surface area (Å²) in [5.41, 5.74) is 0.964. The van der Waals surface area contributed by atoms with E-state index in [0.717, 1.165) is 12.2 Å². The standard InChI is InChI=1S/C12H13Cl2NO/c1-8-6-10(16)4-5-15(8)12-3-2-9(13)7-11(12)14/h2-3,7-8H,4-6H2,1H3. The van der Waals surface area contributed by atoms with Crippen molar-refractivity contribution in [3.8, 4) is 0 Å². The van der Waals surface area contributed by atoms with Gasteiger partial charge in [0.2, 0.25) is 0 Å². The second-order valence-corrected chi connectivity index (χ2v) is 4.97. The number of carbonyl (C=O) groups is 1. The fourth-order valence-corrected chi connectivity index (χ4v) is 2.60. The third kappa shape index (κ3) is 2.33. The van der Waals surface area contributed by atoms with E-state index in [-0.39, 0.29) is 6.04 Å². The van der Waals surface area contributed by atoms with Gasteiger partial charge in [0.15, 0.2) is 0 Å². The molecule has 0 bridgehead atoms. The number of ketones is 1. The first kappa shape index (κ1) is 11.7. The first-order valence-electron chi connectivity index (χ1n) is 5.31. The monoisotopic (exact) mass is 257 g/mol. The van der Waals surface area contributed by atoms with Crippen LogP contribution in [0.15, 0.2) is 18.2 Å². The molecule has 1 aliphatic rings. The van der Waals surface area contributed by atoms with Crippen LogP contribution in [0, 0.1) is 0 Å². The Labute approximate surface area is 105 Å². The van der Waals surface area contributed by atoms with E-state index >= 15 is 0 Å². The van der Waals surface area contributed by atoms with Crippen molar-refractivity contribution >= 4 is 34.7 Å².